The molecule has 1 atom stereocenters. The molecule has 7 heteroatoms. The predicted molar refractivity (Wildman–Crippen MR) is 78.4 cm³/mol. The third-order valence-electron chi connectivity index (χ3n) is 3.21. The summed E-state index contributed by atoms with van der Waals surface area (Å²) >= 11 is 1.59. The van der Waals surface area contributed by atoms with Crippen molar-refractivity contribution in [2.45, 2.75) is 24.3 Å². The molecule has 110 valence electrons. The summed E-state index contributed by atoms with van der Waals surface area (Å²) in [7, 11) is -3.62. The molecule has 0 saturated carbocycles. The first-order valence-corrected chi connectivity index (χ1v) is 8.89. The third kappa shape index (κ3) is 3.34. The first-order valence-electron chi connectivity index (χ1n) is 6.29. The molecule has 0 aromatic heterocycles. The van der Waals surface area contributed by atoms with Gasteiger partial charge in [-0.1, -0.05) is 17.7 Å². The summed E-state index contributed by atoms with van der Waals surface area (Å²) in [5, 5.41) is 8.93. The first kappa shape index (κ1) is 15.3. The summed E-state index contributed by atoms with van der Waals surface area (Å²) in [6.45, 7) is 2.25. The molecule has 0 aliphatic carbocycles. The highest BCUT2D eigenvalue weighted by Gasteiger charge is 2.34. The molecule has 1 heterocycles. The quantitative estimate of drug-likeness (QED) is 0.913. The average molecular weight is 315 g/mol. The minimum atomic E-state index is -3.62. The normalized spacial score (nSPS) is 20.8. The molecule has 5 nitrogen and oxygen atoms in total. The molecular weight excluding hydrogens is 298 g/mol. The summed E-state index contributed by atoms with van der Waals surface area (Å²) < 4.78 is 26.6. The third-order valence-corrected chi connectivity index (χ3v) is 6.27. The van der Waals surface area contributed by atoms with Crippen LogP contribution >= 0.6 is 11.8 Å². The molecule has 20 heavy (non-hydrogen) atoms. The molecule has 1 unspecified atom stereocenters. The van der Waals surface area contributed by atoms with Crippen LogP contribution in [0.15, 0.2) is 29.2 Å². The van der Waals surface area contributed by atoms with E-state index in [1.54, 1.807) is 36.0 Å². The number of benzene rings is 1. The fourth-order valence-corrected chi connectivity index (χ4v) is 5.06. The molecule has 2 rings (SSSR count). The summed E-state index contributed by atoms with van der Waals surface area (Å²) in [4.78, 5) is 11.1. The minimum Gasteiger partial charge on any atom is -0.481 e. The van der Waals surface area contributed by atoms with Gasteiger partial charge in [-0.3, -0.25) is 4.79 Å². The second kappa shape index (κ2) is 6.15. The molecular formula is C13H17NO4S2. The number of hydrogen-bond acceptors (Lipinski definition) is 4. The van der Waals surface area contributed by atoms with E-state index in [0.29, 0.717) is 18.1 Å². The van der Waals surface area contributed by atoms with Gasteiger partial charge < -0.3 is 5.11 Å². The predicted octanol–water partition coefficient (Wildman–Crippen LogP) is 1.58. The van der Waals surface area contributed by atoms with Gasteiger partial charge in [-0.15, -0.1) is 0 Å². The molecule has 1 saturated heterocycles. The highest BCUT2D eigenvalue weighted by atomic mass is 32.2. The maximum Gasteiger partial charge on any atom is 0.305 e. The van der Waals surface area contributed by atoms with Gasteiger partial charge in [0.25, 0.3) is 0 Å². The van der Waals surface area contributed by atoms with Gasteiger partial charge in [-0.25, -0.2) is 8.42 Å². The largest absolute Gasteiger partial charge is 0.481 e. The summed E-state index contributed by atoms with van der Waals surface area (Å²) in [5.74, 6) is 0.250. The Morgan fingerprint density at radius 2 is 2.05 bits per heavy atom. The SMILES string of the molecule is Cc1ccc(S(=O)(=O)N2CCSCC2CC(=O)O)cc1. The number of nitrogens with zero attached hydrogens (tertiary/aromatic N) is 1. The second-order valence-corrected chi connectivity index (χ2v) is 7.80. The Bertz CT molecular complexity index is 583. The standard InChI is InChI=1S/C13H17NO4S2/c1-10-2-4-12(5-3-10)20(17,18)14-6-7-19-9-11(14)8-13(15)16/h2-5,11H,6-9H2,1H3,(H,15,16). The number of aryl methyl sites for hydroxylation is 1. The van der Waals surface area contributed by atoms with Gasteiger partial charge in [0.1, 0.15) is 0 Å². The van der Waals surface area contributed by atoms with Crippen LogP contribution in [0.2, 0.25) is 0 Å². The highest BCUT2D eigenvalue weighted by molar-refractivity contribution is 7.99. The number of thioether (sulfide) groups is 1. The van der Waals surface area contributed by atoms with Gasteiger partial charge in [-0.05, 0) is 19.1 Å². The lowest BCUT2D eigenvalue weighted by molar-refractivity contribution is -0.137. The molecule has 1 aromatic carbocycles. The van der Waals surface area contributed by atoms with Gasteiger partial charge in [-0.2, -0.15) is 16.1 Å². The Balaban J connectivity index is 2.30. The number of carboxylic acid groups (broad SMARTS) is 1. The van der Waals surface area contributed by atoms with Crippen molar-refractivity contribution in [2.24, 2.45) is 0 Å². The minimum absolute atomic E-state index is 0.155. The topological polar surface area (TPSA) is 74.7 Å². The number of rotatable bonds is 4. The van der Waals surface area contributed by atoms with E-state index in [1.807, 2.05) is 6.92 Å². The van der Waals surface area contributed by atoms with Gasteiger partial charge in [0.15, 0.2) is 0 Å². The lowest BCUT2D eigenvalue weighted by atomic mass is 10.2. The number of sulfonamides is 1. The fraction of sp³-hybridized carbons (Fsp3) is 0.462. The molecule has 1 fully saturated rings. The zero-order valence-corrected chi connectivity index (χ0v) is 12.8. The van der Waals surface area contributed by atoms with Crippen LogP contribution in [0.3, 0.4) is 0 Å². The average Bonchev–Trinajstić information content (AvgIpc) is 2.39. The Labute approximate surface area is 123 Å². The molecule has 0 bridgehead atoms. The van der Waals surface area contributed by atoms with Gasteiger partial charge in [0, 0.05) is 24.1 Å². The van der Waals surface area contributed by atoms with Crippen molar-refractivity contribution >= 4 is 27.8 Å². The van der Waals surface area contributed by atoms with Crippen molar-refractivity contribution in [3.8, 4) is 0 Å². The van der Waals surface area contributed by atoms with E-state index in [2.05, 4.69) is 0 Å². The van der Waals surface area contributed by atoms with Gasteiger partial charge in [0.05, 0.1) is 11.3 Å². The van der Waals surface area contributed by atoms with Crippen molar-refractivity contribution in [3.63, 3.8) is 0 Å². The van der Waals surface area contributed by atoms with Crippen molar-refractivity contribution in [3.05, 3.63) is 29.8 Å². The van der Waals surface area contributed by atoms with E-state index in [-0.39, 0.29) is 11.3 Å². The molecule has 1 N–H and O–H groups in total. The Kier molecular flexibility index (Phi) is 4.72. The van der Waals surface area contributed by atoms with E-state index in [0.717, 1.165) is 5.56 Å². The summed E-state index contributed by atoms with van der Waals surface area (Å²) in [6, 6.07) is 6.17. The van der Waals surface area contributed by atoms with Crippen LogP contribution in [0.25, 0.3) is 0 Å². The zero-order valence-electron chi connectivity index (χ0n) is 11.2. The van der Waals surface area contributed by atoms with Crippen LogP contribution in [0, 0.1) is 6.92 Å². The zero-order chi connectivity index (χ0) is 14.8. The molecule has 0 spiro atoms. The number of aliphatic carboxylic acids is 1. The van der Waals surface area contributed by atoms with Crippen LogP contribution in [0.4, 0.5) is 0 Å². The van der Waals surface area contributed by atoms with Crippen molar-refractivity contribution < 1.29 is 18.3 Å². The lowest BCUT2D eigenvalue weighted by Crippen LogP contribution is -2.46. The molecule has 1 aliphatic heterocycles. The van der Waals surface area contributed by atoms with E-state index >= 15 is 0 Å². The van der Waals surface area contributed by atoms with Gasteiger partial charge >= 0.3 is 5.97 Å². The van der Waals surface area contributed by atoms with Crippen molar-refractivity contribution in [1.29, 1.82) is 0 Å². The molecule has 1 aromatic rings. The number of hydrogen-bond donors (Lipinski definition) is 1. The summed E-state index contributed by atoms with van der Waals surface area (Å²) in [6.07, 6.45) is -0.155. The van der Waals surface area contributed by atoms with Crippen LogP contribution in [-0.4, -0.2) is 47.9 Å². The van der Waals surface area contributed by atoms with Crippen LogP contribution in [0.5, 0.6) is 0 Å². The van der Waals surface area contributed by atoms with Gasteiger partial charge in [0.2, 0.25) is 10.0 Å². The Hall–Kier alpha value is -1.05. The number of carboxylic acids is 1. The van der Waals surface area contributed by atoms with E-state index in [1.165, 1.54) is 4.31 Å². The molecule has 1 aliphatic rings. The van der Waals surface area contributed by atoms with E-state index < -0.39 is 22.0 Å². The van der Waals surface area contributed by atoms with Crippen molar-refractivity contribution in [2.75, 3.05) is 18.1 Å². The Morgan fingerprint density at radius 1 is 1.40 bits per heavy atom. The van der Waals surface area contributed by atoms with E-state index in [4.69, 9.17) is 5.11 Å². The highest BCUT2D eigenvalue weighted by Crippen LogP contribution is 2.26. The maximum absolute atomic E-state index is 12.6. The van der Waals surface area contributed by atoms with Crippen LogP contribution in [0.1, 0.15) is 12.0 Å². The molecule has 0 amide bonds. The first-order chi connectivity index (χ1) is 9.41. The smallest absolute Gasteiger partial charge is 0.305 e. The van der Waals surface area contributed by atoms with Crippen LogP contribution < -0.4 is 0 Å². The number of carbonyl (C=O) groups is 1. The summed E-state index contributed by atoms with van der Waals surface area (Å²) in [5.41, 5.74) is 0.986. The molecule has 0 radical (unpaired) electrons. The monoisotopic (exact) mass is 315 g/mol. The van der Waals surface area contributed by atoms with Crippen molar-refractivity contribution in [1.82, 2.24) is 4.31 Å². The van der Waals surface area contributed by atoms with Crippen LogP contribution in [-0.2, 0) is 14.8 Å². The lowest BCUT2D eigenvalue weighted by Gasteiger charge is -2.33. The Morgan fingerprint density at radius 3 is 2.65 bits per heavy atom. The van der Waals surface area contributed by atoms with E-state index in [9.17, 15) is 13.2 Å². The maximum atomic E-state index is 12.6. The second-order valence-electron chi connectivity index (χ2n) is 4.76. The fourth-order valence-electron chi connectivity index (χ4n) is 2.16.